The van der Waals surface area contributed by atoms with Gasteiger partial charge in [0.2, 0.25) is 0 Å². The highest BCUT2D eigenvalue weighted by Crippen LogP contribution is 2.15. The fourth-order valence-corrected chi connectivity index (χ4v) is 2.80. The molecule has 1 fully saturated rings. The van der Waals surface area contributed by atoms with Crippen molar-refractivity contribution in [2.45, 2.75) is 32.2 Å². The third-order valence-electron chi connectivity index (χ3n) is 4.08. The molecule has 1 aliphatic heterocycles. The van der Waals surface area contributed by atoms with Gasteiger partial charge in [0.1, 0.15) is 5.76 Å². The summed E-state index contributed by atoms with van der Waals surface area (Å²) in [5, 5.41) is 2.89. The summed E-state index contributed by atoms with van der Waals surface area (Å²) in [6.45, 7) is 5.15. The van der Waals surface area contributed by atoms with Crippen LogP contribution in [0.2, 0.25) is 0 Å². The summed E-state index contributed by atoms with van der Waals surface area (Å²) in [5.41, 5.74) is 0. The van der Waals surface area contributed by atoms with E-state index in [-0.39, 0.29) is 5.91 Å². The van der Waals surface area contributed by atoms with Crippen LogP contribution in [-0.2, 0) is 6.54 Å². The van der Waals surface area contributed by atoms with Crippen molar-refractivity contribution in [3.63, 3.8) is 0 Å². The Kier molecular flexibility index (Phi) is 7.18. The zero-order chi connectivity index (χ0) is 16.5. The van der Waals surface area contributed by atoms with Crippen LogP contribution in [0.4, 0.5) is 0 Å². The number of likely N-dealkylation sites (tertiary alicyclic amines) is 1. The molecule has 23 heavy (non-hydrogen) atoms. The molecular weight excluding hydrogens is 290 g/mol. The van der Waals surface area contributed by atoms with Crippen molar-refractivity contribution in [1.29, 1.82) is 0 Å². The average molecular weight is 317 g/mol. The number of rotatable bonds is 8. The smallest absolute Gasteiger partial charge is 0.286 e. The first-order chi connectivity index (χ1) is 11.2. The molecule has 0 unspecified atom stereocenters. The second kappa shape index (κ2) is 9.39. The Bertz CT molecular complexity index is 527. The van der Waals surface area contributed by atoms with Crippen LogP contribution in [0.1, 0.15) is 42.0 Å². The van der Waals surface area contributed by atoms with Gasteiger partial charge in [0.25, 0.3) is 5.91 Å². The lowest BCUT2D eigenvalue weighted by molar-refractivity contribution is 0.0920. The highest BCUT2D eigenvalue weighted by atomic mass is 16.4. The molecule has 0 aromatic carbocycles. The number of amides is 1. The SMILES string of the molecule is C#CCN(C)CCCNC(=O)c1ccc(CN2CCCCC2)o1. The van der Waals surface area contributed by atoms with Crippen LogP contribution in [0.25, 0.3) is 0 Å². The first-order valence-corrected chi connectivity index (χ1v) is 8.40. The van der Waals surface area contributed by atoms with Crippen LogP contribution >= 0.6 is 0 Å². The summed E-state index contributed by atoms with van der Waals surface area (Å²) in [4.78, 5) is 16.5. The summed E-state index contributed by atoms with van der Waals surface area (Å²) in [6, 6.07) is 3.67. The molecule has 1 amide bonds. The zero-order valence-corrected chi connectivity index (χ0v) is 14.0. The molecule has 1 saturated heterocycles. The predicted molar refractivity (Wildman–Crippen MR) is 91.1 cm³/mol. The van der Waals surface area contributed by atoms with Crippen molar-refractivity contribution < 1.29 is 9.21 Å². The van der Waals surface area contributed by atoms with E-state index in [2.05, 4.69) is 21.0 Å². The van der Waals surface area contributed by atoms with E-state index in [4.69, 9.17) is 10.8 Å². The van der Waals surface area contributed by atoms with Gasteiger partial charge in [-0.25, -0.2) is 0 Å². The summed E-state index contributed by atoms with van der Waals surface area (Å²) in [7, 11) is 1.97. The Morgan fingerprint density at radius 3 is 2.91 bits per heavy atom. The van der Waals surface area contributed by atoms with Crippen molar-refractivity contribution in [3.05, 3.63) is 23.7 Å². The molecule has 0 bridgehead atoms. The van der Waals surface area contributed by atoms with Crippen molar-refractivity contribution in [2.75, 3.05) is 39.8 Å². The van der Waals surface area contributed by atoms with Gasteiger partial charge in [0.15, 0.2) is 5.76 Å². The number of nitrogens with zero attached hydrogens (tertiary/aromatic N) is 2. The molecule has 0 aliphatic carbocycles. The van der Waals surface area contributed by atoms with Gasteiger partial charge in [-0.3, -0.25) is 14.6 Å². The van der Waals surface area contributed by atoms with Gasteiger partial charge >= 0.3 is 0 Å². The molecule has 2 rings (SSSR count). The van der Waals surface area contributed by atoms with Gasteiger partial charge < -0.3 is 9.73 Å². The fourth-order valence-electron chi connectivity index (χ4n) is 2.80. The highest BCUT2D eigenvalue weighted by Gasteiger charge is 2.15. The second-order valence-corrected chi connectivity index (χ2v) is 6.15. The van der Waals surface area contributed by atoms with Gasteiger partial charge in [0.05, 0.1) is 13.1 Å². The summed E-state index contributed by atoms with van der Waals surface area (Å²) in [5.74, 6) is 3.72. The predicted octanol–water partition coefficient (Wildman–Crippen LogP) is 1.95. The maximum Gasteiger partial charge on any atom is 0.286 e. The highest BCUT2D eigenvalue weighted by molar-refractivity contribution is 5.91. The Balaban J connectivity index is 1.69. The third kappa shape index (κ3) is 6.09. The summed E-state index contributed by atoms with van der Waals surface area (Å²) < 4.78 is 5.67. The van der Waals surface area contributed by atoms with E-state index in [9.17, 15) is 4.79 Å². The van der Waals surface area contributed by atoms with Gasteiger partial charge in [-0.2, -0.15) is 0 Å². The fraction of sp³-hybridized carbons (Fsp3) is 0.611. The normalized spacial score (nSPS) is 15.5. The first kappa shape index (κ1) is 17.6. The number of furan rings is 1. The van der Waals surface area contributed by atoms with E-state index in [1.165, 1.54) is 19.3 Å². The molecule has 0 saturated carbocycles. The number of nitrogens with one attached hydrogen (secondary N) is 1. The minimum atomic E-state index is -0.144. The van der Waals surface area contributed by atoms with Crippen molar-refractivity contribution in [1.82, 2.24) is 15.1 Å². The molecule has 1 aliphatic rings. The molecule has 0 atom stereocenters. The Morgan fingerprint density at radius 2 is 2.17 bits per heavy atom. The molecule has 2 heterocycles. The minimum absolute atomic E-state index is 0.144. The largest absolute Gasteiger partial charge is 0.455 e. The van der Waals surface area contributed by atoms with Gasteiger partial charge in [-0.1, -0.05) is 12.3 Å². The standard InChI is InChI=1S/C18H27N3O2/c1-3-11-20(2)12-7-10-19-18(22)17-9-8-16(23-17)15-21-13-5-4-6-14-21/h1,8-9H,4-7,10-15H2,2H3,(H,19,22). The Hall–Kier alpha value is -1.77. The Labute approximate surface area is 139 Å². The van der Waals surface area contributed by atoms with Crippen LogP contribution in [0.3, 0.4) is 0 Å². The van der Waals surface area contributed by atoms with Crippen LogP contribution in [0.5, 0.6) is 0 Å². The van der Waals surface area contributed by atoms with Crippen molar-refractivity contribution in [2.24, 2.45) is 0 Å². The van der Waals surface area contributed by atoms with E-state index in [1.54, 1.807) is 6.07 Å². The Morgan fingerprint density at radius 1 is 1.39 bits per heavy atom. The number of terminal acetylenes is 1. The average Bonchev–Trinajstić information content (AvgIpc) is 3.01. The molecule has 5 nitrogen and oxygen atoms in total. The topological polar surface area (TPSA) is 48.7 Å². The molecule has 1 N–H and O–H groups in total. The first-order valence-electron chi connectivity index (χ1n) is 8.40. The van der Waals surface area contributed by atoms with E-state index >= 15 is 0 Å². The second-order valence-electron chi connectivity index (χ2n) is 6.15. The summed E-state index contributed by atoms with van der Waals surface area (Å²) >= 11 is 0. The molecule has 1 aromatic rings. The molecule has 0 radical (unpaired) electrons. The number of carbonyl (C=O) groups excluding carboxylic acids is 1. The molecular formula is C18H27N3O2. The van der Waals surface area contributed by atoms with Gasteiger partial charge in [-0.15, -0.1) is 6.42 Å². The molecule has 0 spiro atoms. The van der Waals surface area contributed by atoms with Crippen LogP contribution in [-0.4, -0.2) is 55.5 Å². The molecule has 5 heteroatoms. The number of carbonyl (C=O) groups is 1. The lowest BCUT2D eigenvalue weighted by Gasteiger charge is -2.25. The van der Waals surface area contributed by atoms with Gasteiger partial charge in [0, 0.05) is 13.1 Å². The quantitative estimate of drug-likeness (QED) is 0.588. The van der Waals surface area contributed by atoms with Crippen LogP contribution < -0.4 is 5.32 Å². The maximum absolute atomic E-state index is 12.1. The molecule has 126 valence electrons. The van der Waals surface area contributed by atoms with E-state index in [0.717, 1.165) is 38.4 Å². The lowest BCUT2D eigenvalue weighted by atomic mass is 10.1. The monoisotopic (exact) mass is 317 g/mol. The number of hydrogen-bond donors (Lipinski definition) is 1. The maximum atomic E-state index is 12.1. The van der Waals surface area contributed by atoms with Crippen LogP contribution in [0.15, 0.2) is 16.5 Å². The lowest BCUT2D eigenvalue weighted by Crippen LogP contribution is -2.29. The third-order valence-corrected chi connectivity index (χ3v) is 4.08. The number of hydrogen-bond acceptors (Lipinski definition) is 4. The van der Waals surface area contributed by atoms with E-state index < -0.39 is 0 Å². The van der Waals surface area contributed by atoms with Crippen LogP contribution in [0, 0.1) is 12.3 Å². The molecule has 1 aromatic heterocycles. The van der Waals surface area contributed by atoms with E-state index in [0.29, 0.717) is 18.8 Å². The van der Waals surface area contributed by atoms with Crippen molar-refractivity contribution >= 4 is 5.91 Å². The number of piperidine rings is 1. The minimum Gasteiger partial charge on any atom is -0.455 e. The zero-order valence-electron chi connectivity index (χ0n) is 14.0. The van der Waals surface area contributed by atoms with Crippen molar-refractivity contribution in [3.8, 4) is 12.3 Å². The summed E-state index contributed by atoms with van der Waals surface area (Å²) in [6.07, 6.45) is 9.94. The van der Waals surface area contributed by atoms with Gasteiger partial charge in [-0.05, 0) is 51.5 Å². The van der Waals surface area contributed by atoms with E-state index in [1.807, 2.05) is 13.1 Å².